The zero-order valence-electron chi connectivity index (χ0n) is 13.9. The number of carboxylic acids is 1. The second-order valence-corrected chi connectivity index (χ2v) is 6.05. The molecule has 0 radical (unpaired) electrons. The maximum atomic E-state index is 12.4. The van der Waals surface area contributed by atoms with E-state index in [1.165, 1.54) is 0 Å². The molecule has 0 aliphatic carbocycles. The molecule has 0 saturated carbocycles. The van der Waals surface area contributed by atoms with E-state index in [0.29, 0.717) is 16.8 Å². The van der Waals surface area contributed by atoms with Crippen LogP contribution in [-0.2, 0) is 4.79 Å². The average molecular weight is 345 g/mol. The molecule has 1 aliphatic heterocycles. The van der Waals surface area contributed by atoms with Crippen LogP contribution in [0.15, 0.2) is 54.9 Å². The maximum Gasteiger partial charge on any atom is 0.335 e. The van der Waals surface area contributed by atoms with Gasteiger partial charge in [0.1, 0.15) is 0 Å². The van der Waals surface area contributed by atoms with Crippen LogP contribution < -0.4 is 10.6 Å². The molecular formula is C20H15N3O3. The third kappa shape index (κ3) is 2.57. The van der Waals surface area contributed by atoms with Crippen LogP contribution >= 0.6 is 0 Å². The molecule has 4 rings (SSSR count). The fraction of sp³-hybridized carbons (Fsp3) is 0.0500. The standard InChI is InChI=1S/C20H15N3O3/c1-11-9-12(4-5-13(11)20(25)26)22-10-15-18-14-3-2-8-21-16(14)6-7-17(18)23-19(15)24/h2-10,22H,1H3,(H,23,24)(H,25,26). The number of pyridine rings is 1. The highest BCUT2D eigenvalue weighted by molar-refractivity contribution is 6.34. The molecule has 6 nitrogen and oxygen atoms in total. The maximum absolute atomic E-state index is 12.4. The molecule has 2 aromatic carbocycles. The molecule has 0 atom stereocenters. The summed E-state index contributed by atoms with van der Waals surface area (Å²) in [5.41, 5.74) is 4.50. The van der Waals surface area contributed by atoms with Gasteiger partial charge in [0.05, 0.1) is 16.7 Å². The summed E-state index contributed by atoms with van der Waals surface area (Å²) in [5, 5.41) is 16.0. The number of nitrogens with zero attached hydrogens (tertiary/aromatic N) is 1. The highest BCUT2D eigenvalue weighted by Gasteiger charge is 2.26. The van der Waals surface area contributed by atoms with Crippen molar-refractivity contribution in [2.45, 2.75) is 6.92 Å². The summed E-state index contributed by atoms with van der Waals surface area (Å²) >= 11 is 0. The summed E-state index contributed by atoms with van der Waals surface area (Å²) in [4.78, 5) is 27.8. The SMILES string of the molecule is Cc1cc(NC=C2C(=O)Nc3ccc4ncccc4c32)ccc1C(=O)O. The average Bonchev–Trinajstić information content (AvgIpc) is 2.95. The van der Waals surface area contributed by atoms with Gasteiger partial charge >= 0.3 is 5.97 Å². The number of nitrogens with one attached hydrogen (secondary N) is 2. The van der Waals surface area contributed by atoms with Gasteiger partial charge in [-0.05, 0) is 48.9 Å². The summed E-state index contributed by atoms with van der Waals surface area (Å²) in [6.45, 7) is 1.73. The molecule has 1 amide bonds. The zero-order valence-corrected chi connectivity index (χ0v) is 13.9. The van der Waals surface area contributed by atoms with Gasteiger partial charge < -0.3 is 15.7 Å². The smallest absolute Gasteiger partial charge is 0.335 e. The van der Waals surface area contributed by atoms with E-state index in [0.717, 1.165) is 22.2 Å². The first-order valence-electron chi connectivity index (χ1n) is 8.05. The molecule has 128 valence electrons. The molecule has 0 saturated heterocycles. The lowest BCUT2D eigenvalue weighted by Gasteiger charge is -2.07. The predicted octanol–water partition coefficient (Wildman–Crippen LogP) is 3.65. The third-order valence-electron chi connectivity index (χ3n) is 4.39. The number of carbonyl (C=O) groups is 2. The van der Waals surface area contributed by atoms with Gasteiger partial charge in [-0.2, -0.15) is 0 Å². The molecule has 1 aromatic heterocycles. The minimum absolute atomic E-state index is 0.192. The number of hydrogen-bond donors (Lipinski definition) is 3. The number of rotatable bonds is 3. The van der Waals surface area contributed by atoms with Gasteiger partial charge in [-0.25, -0.2) is 4.79 Å². The van der Waals surface area contributed by atoms with Gasteiger partial charge in [0.15, 0.2) is 0 Å². The van der Waals surface area contributed by atoms with E-state index in [1.807, 2.05) is 24.3 Å². The molecule has 0 spiro atoms. The molecule has 0 fully saturated rings. The molecule has 0 bridgehead atoms. The van der Waals surface area contributed by atoms with E-state index in [1.54, 1.807) is 37.5 Å². The van der Waals surface area contributed by atoms with E-state index >= 15 is 0 Å². The first-order valence-corrected chi connectivity index (χ1v) is 8.05. The minimum atomic E-state index is -0.963. The van der Waals surface area contributed by atoms with Crippen LogP contribution in [0.3, 0.4) is 0 Å². The number of benzene rings is 2. The van der Waals surface area contributed by atoms with Crippen LogP contribution in [0.1, 0.15) is 21.5 Å². The number of carbonyl (C=O) groups excluding carboxylic acids is 1. The number of aromatic nitrogens is 1. The number of hydrogen-bond acceptors (Lipinski definition) is 4. The van der Waals surface area contributed by atoms with Crippen molar-refractivity contribution in [3.05, 3.63) is 71.6 Å². The number of fused-ring (bicyclic) bond motifs is 3. The zero-order chi connectivity index (χ0) is 18.3. The third-order valence-corrected chi connectivity index (χ3v) is 4.39. The van der Waals surface area contributed by atoms with Crippen molar-refractivity contribution in [1.29, 1.82) is 0 Å². The first kappa shape index (κ1) is 15.8. The number of aromatic carboxylic acids is 1. The Bertz CT molecular complexity index is 1100. The van der Waals surface area contributed by atoms with Gasteiger partial charge in [0.25, 0.3) is 5.91 Å². The topological polar surface area (TPSA) is 91.3 Å². The highest BCUT2D eigenvalue weighted by Crippen LogP contribution is 2.37. The van der Waals surface area contributed by atoms with Crippen molar-refractivity contribution in [2.24, 2.45) is 0 Å². The number of aryl methyl sites for hydroxylation is 1. The molecule has 3 N–H and O–H groups in total. The summed E-state index contributed by atoms with van der Waals surface area (Å²) in [5.74, 6) is -1.15. The fourth-order valence-electron chi connectivity index (χ4n) is 3.14. The van der Waals surface area contributed by atoms with E-state index < -0.39 is 5.97 Å². The monoisotopic (exact) mass is 345 g/mol. The van der Waals surface area contributed by atoms with E-state index in [-0.39, 0.29) is 11.5 Å². The summed E-state index contributed by atoms with van der Waals surface area (Å²) in [6.07, 6.45) is 3.36. The van der Waals surface area contributed by atoms with Crippen molar-refractivity contribution in [2.75, 3.05) is 10.6 Å². The normalized spacial score (nSPS) is 14.3. The van der Waals surface area contributed by atoms with Crippen LogP contribution in [0.4, 0.5) is 11.4 Å². The lowest BCUT2D eigenvalue weighted by atomic mass is 10.0. The van der Waals surface area contributed by atoms with Crippen molar-refractivity contribution >= 4 is 39.7 Å². The summed E-state index contributed by atoms with van der Waals surface area (Å²) in [6, 6.07) is 12.4. The van der Waals surface area contributed by atoms with Gasteiger partial charge in [-0.3, -0.25) is 9.78 Å². The van der Waals surface area contributed by atoms with Crippen molar-refractivity contribution < 1.29 is 14.7 Å². The van der Waals surface area contributed by atoms with Crippen LogP contribution in [0, 0.1) is 6.92 Å². The van der Waals surface area contributed by atoms with E-state index in [9.17, 15) is 9.59 Å². The Morgan fingerprint density at radius 1 is 1.23 bits per heavy atom. The van der Waals surface area contributed by atoms with Crippen molar-refractivity contribution in [3.8, 4) is 0 Å². The van der Waals surface area contributed by atoms with E-state index in [2.05, 4.69) is 15.6 Å². The van der Waals surface area contributed by atoms with Crippen LogP contribution in [0.2, 0.25) is 0 Å². The first-order chi connectivity index (χ1) is 12.5. The Labute approximate surface area is 149 Å². The number of carboxylic acid groups (broad SMARTS) is 1. The van der Waals surface area contributed by atoms with Crippen molar-refractivity contribution in [1.82, 2.24) is 4.98 Å². The number of amides is 1. The van der Waals surface area contributed by atoms with Gasteiger partial charge in [0, 0.05) is 34.7 Å². The Balaban J connectivity index is 1.73. The second kappa shape index (κ2) is 6.00. The fourth-order valence-corrected chi connectivity index (χ4v) is 3.14. The molecule has 26 heavy (non-hydrogen) atoms. The van der Waals surface area contributed by atoms with Crippen molar-refractivity contribution in [3.63, 3.8) is 0 Å². The lowest BCUT2D eigenvalue weighted by Crippen LogP contribution is -2.05. The van der Waals surface area contributed by atoms with Gasteiger partial charge in [-0.15, -0.1) is 0 Å². The molecular weight excluding hydrogens is 330 g/mol. The molecule has 1 aliphatic rings. The predicted molar refractivity (Wildman–Crippen MR) is 100 cm³/mol. The van der Waals surface area contributed by atoms with Gasteiger partial charge in [-0.1, -0.05) is 6.07 Å². The molecule has 6 heteroatoms. The van der Waals surface area contributed by atoms with Gasteiger partial charge in [0.2, 0.25) is 0 Å². The van der Waals surface area contributed by atoms with E-state index in [4.69, 9.17) is 5.11 Å². The Hall–Kier alpha value is -3.67. The second-order valence-electron chi connectivity index (χ2n) is 6.05. The van der Waals surface area contributed by atoms with Crippen LogP contribution in [0.25, 0.3) is 16.5 Å². The Morgan fingerprint density at radius 2 is 2.08 bits per heavy atom. The Morgan fingerprint density at radius 3 is 2.85 bits per heavy atom. The largest absolute Gasteiger partial charge is 0.478 e. The van der Waals surface area contributed by atoms with Crippen LogP contribution in [0.5, 0.6) is 0 Å². The summed E-state index contributed by atoms with van der Waals surface area (Å²) in [7, 11) is 0. The van der Waals surface area contributed by atoms with Crippen LogP contribution in [-0.4, -0.2) is 22.0 Å². The minimum Gasteiger partial charge on any atom is -0.478 e. The Kier molecular flexibility index (Phi) is 3.65. The molecule has 2 heterocycles. The quantitative estimate of drug-likeness (QED) is 0.630. The molecule has 0 unspecified atom stereocenters. The lowest BCUT2D eigenvalue weighted by molar-refractivity contribution is -0.110. The number of anilines is 2. The molecule has 3 aromatic rings. The summed E-state index contributed by atoms with van der Waals surface area (Å²) < 4.78 is 0. The highest BCUT2D eigenvalue weighted by atomic mass is 16.4.